The number of piperidine rings is 1. The van der Waals surface area contributed by atoms with Gasteiger partial charge in [0, 0.05) is 69.4 Å². The largest absolute Gasteiger partial charge is 0.342 e. The van der Waals surface area contributed by atoms with E-state index in [0.717, 1.165) is 57.8 Å². The maximum Gasteiger partial charge on any atom is 0.227 e. The molecule has 0 saturated carbocycles. The maximum absolute atomic E-state index is 12.8. The maximum atomic E-state index is 12.8. The van der Waals surface area contributed by atoms with E-state index in [1.54, 1.807) is 0 Å². The first-order chi connectivity index (χ1) is 16.8. The molecule has 6 nitrogen and oxygen atoms in total. The molecule has 0 spiro atoms. The second-order valence-corrected chi connectivity index (χ2v) is 11.0. The van der Waals surface area contributed by atoms with Crippen molar-refractivity contribution in [3.8, 4) is 0 Å². The Kier molecular flexibility index (Phi) is 8.24. The van der Waals surface area contributed by atoms with Crippen LogP contribution in [0.1, 0.15) is 44.7 Å². The molecule has 188 valence electrons. The SMILES string of the molecule is CC(C)(C)C(=O)N1CCC(C(=O)Nc2ccc(CN3CCN(Cc4ccccc4)CC3)cc2)CC1. The highest BCUT2D eigenvalue weighted by molar-refractivity contribution is 5.92. The third-order valence-electron chi connectivity index (χ3n) is 7.14. The van der Waals surface area contributed by atoms with E-state index in [4.69, 9.17) is 0 Å². The molecule has 0 aliphatic carbocycles. The number of hydrogen-bond donors (Lipinski definition) is 1. The first kappa shape index (κ1) is 25.4. The number of carbonyl (C=O) groups is 2. The molecule has 4 rings (SSSR count). The number of nitrogens with zero attached hydrogens (tertiary/aromatic N) is 3. The van der Waals surface area contributed by atoms with Crippen LogP contribution in [0.2, 0.25) is 0 Å². The highest BCUT2D eigenvalue weighted by Crippen LogP contribution is 2.25. The molecule has 0 atom stereocenters. The average Bonchev–Trinajstić information content (AvgIpc) is 2.86. The molecule has 0 aromatic heterocycles. The molecule has 2 aromatic carbocycles. The van der Waals surface area contributed by atoms with Crippen LogP contribution in [0.15, 0.2) is 54.6 Å². The topological polar surface area (TPSA) is 55.9 Å². The summed E-state index contributed by atoms with van der Waals surface area (Å²) < 4.78 is 0. The number of piperazine rings is 1. The number of hydrogen-bond acceptors (Lipinski definition) is 4. The molecule has 35 heavy (non-hydrogen) atoms. The molecule has 2 fully saturated rings. The smallest absolute Gasteiger partial charge is 0.227 e. The van der Waals surface area contributed by atoms with Crippen molar-refractivity contribution < 1.29 is 9.59 Å². The molecule has 0 unspecified atom stereocenters. The molecule has 0 radical (unpaired) electrons. The van der Waals surface area contributed by atoms with Crippen LogP contribution >= 0.6 is 0 Å². The molecular weight excluding hydrogens is 436 g/mol. The zero-order chi connectivity index (χ0) is 24.8. The Balaban J connectivity index is 1.19. The van der Waals surface area contributed by atoms with Gasteiger partial charge >= 0.3 is 0 Å². The normalized spacial score (nSPS) is 18.4. The van der Waals surface area contributed by atoms with Crippen LogP contribution in [0, 0.1) is 11.3 Å². The van der Waals surface area contributed by atoms with Crippen LogP contribution in [0.4, 0.5) is 5.69 Å². The predicted molar refractivity (Wildman–Crippen MR) is 141 cm³/mol. The van der Waals surface area contributed by atoms with Crippen LogP contribution in [-0.4, -0.2) is 65.8 Å². The van der Waals surface area contributed by atoms with Crippen LogP contribution in [-0.2, 0) is 22.7 Å². The molecule has 1 N–H and O–H groups in total. The minimum atomic E-state index is -0.368. The number of likely N-dealkylation sites (tertiary alicyclic amines) is 1. The Morgan fingerprint density at radius 2 is 1.29 bits per heavy atom. The minimum Gasteiger partial charge on any atom is -0.342 e. The van der Waals surface area contributed by atoms with Crippen molar-refractivity contribution in [2.24, 2.45) is 11.3 Å². The summed E-state index contributed by atoms with van der Waals surface area (Å²) in [6, 6.07) is 18.9. The summed E-state index contributed by atoms with van der Waals surface area (Å²) >= 11 is 0. The lowest BCUT2D eigenvalue weighted by atomic mass is 9.90. The molecule has 2 aliphatic heterocycles. The summed E-state index contributed by atoms with van der Waals surface area (Å²) in [5.74, 6) is 0.200. The van der Waals surface area contributed by atoms with Gasteiger partial charge in [0.2, 0.25) is 11.8 Å². The second-order valence-electron chi connectivity index (χ2n) is 11.0. The van der Waals surface area contributed by atoms with Gasteiger partial charge in [-0.05, 0) is 36.1 Å². The monoisotopic (exact) mass is 476 g/mol. The van der Waals surface area contributed by atoms with Crippen LogP contribution in [0.3, 0.4) is 0 Å². The fourth-order valence-electron chi connectivity index (χ4n) is 4.96. The van der Waals surface area contributed by atoms with Gasteiger partial charge in [0.1, 0.15) is 0 Å². The van der Waals surface area contributed by atoms with Gasteiger partial charge < -0.3 is 10.2 Å². The van der Waals surface area contributed by atoms with E-state index in [1.165, 1.54) is 11.1 Å². The van der Waals surface area contributed by atoms with E-state index in [1.807, 2.05) is 37.8 Å². The van der Waals surface area contributed by atoms with E-state index in [-0.39, 0.29) is 23.1 Å². The van der Waals surface area contributed by atoms with Gasteiger partial charge in [-0.1, -0.05) is 63.2 Å². The zero-order valence-electron chi connectivity index (χ0n) is 21.5. The number of carbonyl (C=O) groups excluding carboxylic acids is 2. The first-order valence-corrected chi connectivity index (χ1v) is 13.0. The number of anilines is 1. The lowest BCUT2D eigenvalue weighted by Gasteiger charge is -2.35. The van der Waals surface area contributed by atoms with Crippen LogP contribution in [0.5, 0.6) is 0 Å². The minimum absolute atomic E-state index is 0.0362. The van der Waals surface area contributed by atoms with Crippen molar-refractivity contribution in [1.82, 2.24) is 14.7 Å². The van der Waals surface area contributed by atoms with Crippen molar-refractivity contribution >= 4 is 17.5 Å². The third-order valence-corrected chi connectivity index (χ3v) is 7.14. The van der Waals surface area contributed by atoms with Gasteiger partial charge in [-0.2, -0.15) is 0 Å². The highest BCUT2D eigenvalue weighted by atomic mass is 16.2. The van der Waals surface area contributed by atoms with Gasteiger partial charge in [0.15, 0.2) is 0 Å². The molecule has 2 saturated heterocycles. The van der Waals surface area contributed by atoms with E-state index < -0.39 is 0 Å². The lowest BCUT2D eigenvalue weighted by molar-refractivity contribution is -0.142. The van der Waals surface area contributed by atoms with Gasteiger partial charge in [-0.25, -0.2) is 0 Å². The number of nitrogens with one attached hydrogen (secondary N) is 1. The molecular formula is C29H40N4O2. The average molecular weight is 477 g/mol. The number of benzene rings is 2. The van der Waals surface area contributed by atoms with E-state index in [2.05, 4.69) is 57.6 Å². The van der Waals surface area contributed by atoms with E-state index >= 15 is 0 Å². The van der Waals surface area contributed by atoms with E-state index in [9.17, 15) is 9.59 Å². The van der Waals surface area contributed by atoms with E-state index in [0.29, 0.717) is 13.1 Å². The number of rotatable bonds is 6. The van der Waals surface area contributed by atoms with Crippen LogP contribution < -0.4 is 5.32 Å². The van der Waals surface area contributed by atoms with Crippen molar-refractivity contribution in [3.63, 3.8) is 0 Å². The molecule has 2 amide bonds. The summed E-state index contributed by atoms with van der Waals surface area (Å²) in [5, 5.41) is 3.08. The summed E-state index contributed by atoms with van der Waals surface area (Å²) in [6.45, 7) is 13.4. The van der Waals surface area contributed by atoms with Crippen molar-refractivity contribution in [1.29, 1.82) is 0 Å². The third kappa shape index (κ3) is 7.15. The molecule has 2 heterocycles. The fourth-order valence-corrected chi connectivity index (χ4v) is 4.96. The lowest BCUT2D eigenvalue weighted by Crippen LogP contribution is -2.45. The molecule has 2 aliphatic rings. The summed E-state index contributed by atoms with van der Waals surface area (Å²) in [4.78, 5) is 32.2. The molecule has 6 heteroatoms. The van der Waals surface area contributed by atoms with Gasteiger partial charge in [0.25, 0.3) is 0 Å². The van der Waals surface area contributed by atoms with Crippen molar-refractivity contribution in [2.45, 2.75) is 46.7 Å². The van der Waals surface area contributed by atoms with Crippen molar-refractivity contribution in [3.05, 3.63) is 65.7 Å². The standard InChI is InChI=1S/C29H40N4O2/c1-29(2,3)28(35)33-15-13-25(14-16-33)27(34)30-26-11-9-24(10-12-26)22-32-19-17-31(18-20-32)21-23-7-5-4-6-8-23/h4-12,25H,13-22H2,1-3H3,(H,30,34). The van der Waals surface area contributed by atoms with Crippen LogP contribution in [0.25, 0.3) is 0 Å². The zero-order valence-corrected chi connectivity index (χ0v) is 21.5. The molecule has 2 aromatic rings. The Morgan fingerprint density at radius 1 is 0.771 bits per heavy atom. The summed E-state index contributed by atoms with van der Waals surface area (Å²) in [5.41, 5.74) is 3.13. The Labute approximate surface area is 210 Å². The Morgan fingerprint density at radius 3 is 1.80 bits per heavy atom. The summed E-state index contributed by atoms with van der Waals surface area (Å²) in [7, 11) is 0. The first-order valence-electron chi connectivity index (χ1n) is 13.0. The second kappa shape index (κ2) is 11.4. The van der Waals surface area contributed by atoms with Gasteiger partial charge in [-0.3, -0.25) is 19.4 Å². The quantitative estimate of drug-likeness (QED) is 0.678. The van der Waals surface area contributed by atoms with Crippen molar-refractivity contribution in [2.75, 3.05) is 44.6 Å². The Hall–Kier alpha value is -2.70. The number of amides is 2. The van der Waals surface area contributed by atoms with Gasteiger partial charge in [-0.15, -0.1) is 0 Å². The van der Waals surface area contributed by atoms with Gasteiger partial charge in [0.05, 0.1) is 0 Å². The fraction of sp³-hybridized carbons (Fsp3) is 0.517. The Bertz CT molecular complexity index is 968. The summed E-state index contributed by atoms with van der Waals surface area (Å²) in [6.07, 6.45) is 1.45. The predicted octanol–water partition coefficient (Wildman–Crippen LogP) is 4.23. The molecule has 0 bridgehead atoms. The highest BCUT2D eigenvalue weighted by Gasteiger charge is 2.32.